The predicted molar refractivity (Wildman–Crippen MR) is 92.3 cm³/mol. The number of carbonyl (C=O) groups is 3. The molecular weight excluding hydrogens is 324 g/mol. The summed E-state index contributed by atoms with van der Waals surface area (Å²) in [6, 6.07) is 6.75. The molecule has 0 heterocycles. The predicted octanol–water partition coefficient (Wildman–Crippen LogP) is 2.03. The first-order valence-electron chi connectivity index (χ1n) is 8.52. The van der Waals surface area contributed by atoms with E-state index in [9.17, 15) is 14.4 Å². The Bertz CT molecular complexity index is 614. The van der Waals surface area contributed by atoms with Gasteiger partial charge in [0, 0.05) is 18.2 Å². The van der Waals surface area contributed by atoms with Gasteiger partial charge in [-0.15, -0.1) is 0 Å². The second kappa shape index (κ2) is 9.05. The monoisotopic (exact) mass is 348 g/mol. The Morgan fingerprint density at radius 3 is 2.48 bits per heavy atom. The highest BCUT2D eigenvalue weighted by Crippen LogP contribution is 2.30. The van der Waals surface area contributed by atoms with E-state index in [1.807, 2.05) is 6.92 Å². The first kappa shape index (κ1) is 18.8. The summed E-state index contributed by atoms with van der Waals surface area (Å²) < 4.78 is 5.35. The smallest absolute Gasteiger partial charge is 0.306 e. The van der Waals surface area contributed by atoms with Crippen molar-refractivity contribution in [1.82, 2.24) is 5.32 Å². The molecule has 0 aliphatic heterocycles. The largest absolute Gasteiger partial charge is 0.484 e. The second-order valence-corrected chi connectivity index (χ2v) is 6.15. The van der Waals surface area contributed by atoms with Crippen LogP contribution in [0.25, 0.3) is 0 Å². The Labute approximate surface area is 146 Å². The number of benzene rings is 1. The molecule has 1 fully saturated rings. The molecule has 7 heteroatoms. The van der Waals surface area contributed by atoms with Crippen molar-refractivity contribution in [2.45, 2.75) is 32.6 Å². The van der Waals surface area contributed by atoms with Gasteiger partial charge in [-0.1, -0.05) is 6.42 Å². The number of amides is 2. The van der Waals surface area contributed by atoms with Gasteiger partial charge in [0.25, 0.3) is 5.91 Å². The van der Waals surface area contributed by atoms with E-state index < -0.39 is 11.9 Å². The number of carboxylic acid groups (broad SMARTS) is 1. The molecule has 0 bridgehead atoms. The third-order valence-corrected chi connectivity index (χ3v) is 4.26. The van der Waals surface area contributed by atoms with Crippen LogP contribution < -0.4 is 15.4 Å². The van der Waals surface area contributed by atoms with Gasteiger partial charge in [-0.2, -0.15) is 0 Å². The Balaban J connectivity index is 1.84. The standard InChI is InChI=1S/C18H24N2O5/c1-2-19-16(21)11-25-15-8-6-14(7-9-15)20-17(22)12-4-3-5-13(10-12)18(23)24/h6-9,12-13H,2-5,10-11H2,1H3,(H,19,21)(H,20,22)(H,23,24). The van der Waals surface area contributed by atoms with Gasteiger partial charge in [-0.25, -0.2) is 0 Å². The molecule has 1 aromatic carbocycles. The molecule has 2 amide bonds. The molecule has 25 heavy (non-hydrogen) atoms. The quantitative estimate of drug-likeness (QED) is 0.699. The topological polar surface area (TPSA) is 105 Å². The maximum absolute atomic E-state index is 12.3. The van der Waals surface area contributed by atoms with E-state index in [-0.39, 0.29) is 24.3 Å². The summed E-state index contributed by atoms with van der Waals surface area (Å²) in [6.45, 7) is 2.33. The van der Waals surface area contributed by atoms with Gasteiger partial charge in [-0.05, 0) is 50.5 Å². The molecule has 2 unspecified atom stereocenters. The lowest BCUT2D eigenvalue weighted by Gasteiger charge is -2.25. The van der Waals surface area contributed by atoms with E-state index in [0.29, 0.717) is 37.2 Å². The van der Waals surface area contributed by atoms with Gasteiger partial charge in [0.15, 0.2) is 6.61 Å². The molecule has 136 valence electrons. The highest BCUT2D eigenvalue weighted by atomic mass is 16.5. The van der Waals surface area contributed by atoms with Crippen LogP contribution in [0.3, 0.4) is 0 Å². The number of aliphatic carboxylic acids is 1. The molecule has 1 aliphatic carbocycles. The lowest BCUT2D eigenvalue weighted by Crippen LogP contribution is -2.30. The number of hydrogen-bond acceptors (Lipinski definition) is 4. The van der Waals surface area contributed by atoms with Crippen molar-refractivity contribution < 1.29 is 24.2 Å². The van der Waals surface area contributed by atoms with Gasteiger partial charge in [0.1, 0.15) is 5.75 Å². The van der Waals surface area contributed by atoms with Crippen LogP contribution in [0, 0.1) is 11.8 Å². The van der Waals surface area contributed by atoms with Gasteiger partial charge in [0.2, 0.25) is 5.91 Å². The summed E-state index contributed by atoms with van der Waals surface area (Å²) in [7, 11) is 0. The van der Waals surface area contributed by atoms with Crippen molar-refractivity contribution >= 4 is 23.5 Å². The van der Waals surface area contributed by atoms with Crippen molar-refractivity contribution in [3.63, 3.8) is 0 Å². The van der Waals surface area contributed by atoms with Crippen LogP contribution in [-0.4, -0.2) is 36.0 Å². The molecule has 7 nitrogen and oxygen atoms in total. The van der Waals surface area contributed by atoms with E-state index in [1.165, 1.54) is 0 Å². The molecule has 3 N–H and O–H groups in total. The maximum Gasteiger partial charge on any atom is 0.306 e. The summed E-state index contributed by atoms with van der Waals surface area (Å²) in [4.78, 5) is 34.8. The van der Waals surface area contributed by atoms with E-state index in [2.05, 4.69) is 10.6 Å². The minimum Gasteiger partial charge on any atom is -0.484 e. The van der Waals surface area contributed by atoms with Gasteiger partial charge in [-0.3, -0.25) is 14.4 Å². The maximum atomic E-state index is 12.3. The third-order valence-electron chi connectivity index (χ3n) is 4.26. The lowest BCUT2D eigenvalue weighted by atomic mass is 9.81. The van der Waals surface area contributed by atoms with E-state index in [1.54, 1.807) is 24.3 Å². The Morgan fingerprint density at radius 1 is 1.16 bits per heavy atom. The fourth-order valence-electron chi connectivity index (χ4n) is 2.93. The Morgan fingerprint density at radius 2 is 1.84 bits per heavy atom. The van der Waals surface area contributed by atoms with Crippen molar-refractivity contribution in [3.05, 3.63) is 24.3 Å². The molecule has 1 aromatic rings. The molecule has 0 spiro atoms. The lowest BCUT2D eigenvalue weighted by molar-refractivity contribution is -0.143. The van der Waals surface area contributed by atoms with Crippen LogP contribution in [0.15, 0.2) is 24.3 Å². The van der Waals surface area contributed by atoms with Crippen molar-refractivity contribution in [2.75, 3.05) is 18.5 Å². The van der Waals surface area contributed by atoms with Gasteiger partial charge >= 0.3 is 5.97 Å². The number of likely N-dealkylation sites (N-methyl/N-ethyl adjacent to an activating group) is 1. The van der Waals surface area contributed by atoms with Gasteiger partial charge < -0.3 is 20.5 Å². The molecule has 2 rings (SSSR count). The number of nitrogens with one attached hydrogen (secondary N) is 2. The Hall–Kier alpha value is -2.57. The van der Waals surface area contributed by atoms with E-state index >= 15 is 0 Å². The minimum absolute atomic E-state index is 0.0573. The molecular formula is C18H24N2O5. The average Bonchev–Trinajstić information content (AvgIpc) is 2.61. The SMILES string of the molecule is CCNC(=O)COc1ccc(NC(=O)C2CCCC(C(=O)O)C2)cc1. The fraction of sp³-hybridized carbons (Fsp3) is 0.500. The van der Waals surface area contributed by atoms with Crippen LogP contribution >= 0.6 is 0 Å². The highest BCUT2D eigenvalue weighted by molar-refractivity contribution is 5.93. The van der Waals surface area contributed by atoms with Crippen LogP contribution in [-0.2, 0) is 14.4 Å². The fourth-order valence-corrected chi connectivity index (χ4v) is 2.93. The first-order valence-corrected chi connectivity index (χ1v) is 8.52. The van der Waals surface area contributed by atoms with Gasteiger partial charge in [0.05, 0.1) is 5.92 Å². The van der Waals surface area contributed by atoms with E-state index in [4.69, 9.17) is 9.84 Å². The zero-order chi connectivity index (χ0) is 18.2. The molecule has 1 aliphatic rings. The van der Waals surface area contributed by atoms with Crippen LogP contribution in [0.2, 0.25) is 0 Å². The summed E-state index contributed by atoms with van der Waals surface area (Å²) in [5.41, 5.74) is 0.618. The average molecular weight is 348 g/mol. The molecule has 2 atom stereocenters. The zero-order valence-electron chi connectivity index (χ0n) is 14.3. The summed E-state index contributed by atoms with van der Waals surface area (Å²) in [6.07, 6.45) is 2.48. The van der Waals surface area contributed by atoms with E-state index in [0.717, 1.165) is 6.42 Å². The highest BCUT2D eigenvalue weighted by Gasteiger charge is 2.30. The number of carboxylic acids is 1. The van der Waals surface area contributed by atoms with Crippen LogP contribution in [0.4, 0.5) is 5.69 Å². The Kier molecular flexibility index (Phi) is 6.80. The first-order chi connectivity index (χ1) is 12.0. The summed E-state index contributed by atoms with van der Waals surface area (Å²) in [5.74, 6) is -1.34. The molecule has 1 saturated carbocycles. The molecule has 0 aromatic heterocycles. The van der Waals surface area contributed by atoms with Crippen LogP contribution in [0.1, 0.15) is 32.6 Å². The van der Waals surface area contributed by atoms with Crippen molar-refractivity contribution in [2.24, 2.45) is 11.8 Å². The zero-order valence-corrected chi connectivity index (χ0v) is 14.3. The van der Waals surface area contributed by atoms with Crippen LogP contribution in [0.5, 0.6) is 5.75 Å². The summed E-state index contributed by atoms with van der Waals surface area (Å²) in [5, 5.41) is 14.6. The number of ether oxygens (including phenoxy) is 1. The van der Waals surface area contributed by atoms with Crippen molar-refractivity contribution in [3.8, 4) is 5.75 Å². The number of rotatable bonds is 7. The normalized spacial score (nSPS) is 19.7. The second-order valence-electron chi connectivity index (χ2n) is 6.15. The number of anilines is 1. The number of carbonyl (C=O) groups excluding carboxylic acids is 2. The third kappa shape index (κ3) is 5.77. The minimum atomic E-state index is -0.828. The molecule has 0 saturated heterocycles. The summed E-state index contributed by atoms with van der Waals surface area (Å²) >= 11 is 0. The molecule has 0 radical (unpaired) electrons. The van der Waals surface area contributed by atoms with Crippen molar-refractivity contribution in [1.29, 1.82) is 0 Å². The number of hydrogen-bond donors (Lipinski definition) is 3.